The Kier molecular flexibility index (Phi) is 4.93. The molecule has 19 heavy (non-hydrogen) atoms. The predicted molar refractivity (Wildman–Crippen MR) is 73.0 cm³/mol. The first-order valence-corrected chi connectivity index (χ1v) is 7.31. The van der Waals surface area contributed by atoms with E-state index in [4.69, 9.17) is 0 Å². The van der Waals surface area contributed by atoms with Gasteiger partial charge in [0, 0.05) is 12.5 Å². The van der Waals surface area contributed by atoms with Crippen LogP contribution in [0.3, 0.4) is 0 Å². The third-order valence-electron chi connectivity index (χ3n) is 3.33. The van der Waals surface area contributed by atoms with Crippen molar-refractivity contribution in [2.24, 2.45) is 5.92 Å². The fraction of sp³-hybridized carbons (Fsp3) is 0.538. The van der Waals surface area contributed by atoms with Gasteiger partial charge < -0.3 is 15.7 Å². The first kappa shape index (κ1) is 14.0. The molecule has 6 heteroatoms. The molecule has 3 N–H and O–H groups in total. The molecule has 0 spiro atoms. The minimum absolute atomic E-state index is 0.0282. The molecule has 1 aromatic rings. The number of hydrogen-bond acceptors (Lipinski definition) is 4. The van der Waals surface area contributed by atoms with Gasteiger partial charge in [-0.1, -0.05) is 12.5 Å². The molecule has 2 atom stereocenters. The molecular weight excluding hydrogens is 264 g/mol. The van der Waals surface area contributed by atoms with Crippen LogP contribution in [0, 0.1) is 5.92 Å². The summed E-state index contributed by atoms with van der Waals surface area (Å²) >= 11 is 1.34. The van der Waals surface area contributed by atoms with E-state index >= 15 is 0 Å². The number of carbonyl (C=O) groups excluding carboxylic acids is 2. The van der Waals surface area contributed by atoms with E-state index < -0.39 is 0 Å². The normalized spacial score (nSPS) is 22.2. The van der Waals surface area contributed by atoms with Crippen LogP contribution in [0.1, 0.15) is 28.9 Å². The van der Waals surface area contributed by atoms with Crippen molar-refractivity contribution in [2.75, 3.05) is 13.1 Å². The maximum Gasteiger partial charge on any atom is 0.261 e. The average molecular weight is 282 g/mol. The zero-order valence-corrected chi connectivity index (χ0v) is 11.4. The first-order valence-electron chi connectivity index (χ1n) is 6.43. The van der Waals surface area contributed by atoms with Crippen molar-refractivity contribution in [2.45, 2.75) is 25.4 Å². The summed E-state index contributed by atoms with van der Waals surface area (Å²) in [7, 11) is 0. The molecular formula is C13H18N2O3S. The van der Waals surface area contributed by atoms with Gasteiger partial charge in [-0.15, -0.1) is 11.3 Å². The molecule has 0 radical (unpaired) electrons. The van der Waals surface area contributed by atoms with Crippen molar-refractivity contribution in [3.05, 3.63) is 22.4 Å². The Labute approximate surface area is 116 Å². The van der Waals surface area contributed by atoms with E-state index in [1.807, 2.05) is 5.38 Å². The van der Waals surface area contributed by atoms with Gasteiger partial charge in [0.25, 0.3) is 5.91 Å². The summed E-state index contributed by atoms with van der Waals surface area (Å²) < 4.78 is 0. The van der Waals surface area contributed by atoms with Crippen LogP contribution < -0.4 is 10.6 Å². The Morgan fingerprint density at radius 2 is 2.21 bits per heavy atom. The van der Waals surface area contributed by atoms with Crippen LogP contribution >= 0.6 is 11.3 Å². The minimum atomic E-state index is -0.305. The van der Waals surface area contributed by atoms with E-state index in [-0.39, 0.29) is 30.4 Å². The van der Waals surface area contributed by atoms with Gasteiger partial charge in [-0.3, -0.25) is 9.59 Å². The molecule has 5 nitrogen and oxygen atoms in total. The Morgan fingerprint density at radius 1 is 1.37 bits per heavy atom. The monoisotopic (exact) mass is 282 g/mol. The van der Waals surface area contributed by atoms with Crippen LogP contribution in [0.2, 0.25) is 0 Å². The summed E-state index contributed by atoms with van der Waals surface area (Å²) in [6.07, 6.45) is 2.47. The Morgan fingerprint density at radius 3 is 2.84 bits per heavy atom. The minimum Gasteiger partial charge on any atom is -0.393 e. The van der Waals surface area contributed by atoms with Crippen LogP contribution in [-0.4, -0.2) is 36.1 Å². The van der Waals surface area contributed by atoms with Crippen molar-refractivity contribution in [3.8, 4) is 0 Å². The average Bonchev–Trinajstić information content (AvgIpc) is 3.05. The summed E-state index contributed by atoms with van der Waals surface area (Å²) in [6, 6.07) is 3.51. The third kappa shape index (κ3) is 4.04. The number of rotatable bonds is 5. The molecule has 2 rings (SSSR count). The smallest absolute Gasteiger partial charge is 0.261 e. The maximum atomic E-state index is 11.6. The standard InChI is InChI=1S/C13H18N2O3S/c16-10-4-1-3-9(10)7-14-12(17)8-15-13(18)11-5-2-6-19-11/h2,5-6,9-10,16H,1,3-4,7-8H2,(H,14,17)(H,15,18). The number of aliphatic hydroxyl groups excluding tert-OH is 1. The molecule has 1 fully saturated rings. The summed E-state index contributed by atoms with van der Waals surface area (Å²) in [5.41, 5.74) is 0. The van der Waals surface area contributed by atoms with Gasteiger partial charge >= 0.3 is 0 Å². The lowest BCUT2D eigenvalue weighted by atomic mass is 10.1. The SMILES string of the molecule is O=C(CNC(=O)c1cccs1)NCC1CCCC1O. The molecule has 1 aliphatic carbocycles. The highest BCUT2D eigenvalue weighted by Crippen LogP contribution is 2.24. The van der Waals surface area contributed by atoms with Crippen molar-refractivity contribution < 1.29 is 14.7 Å². The predicted octanol–water partition coefficient (Wildman–Crippen LogP) is 0.755. The third-order valence-corrected chi connectivity index (χ3v) is 4.20. The van der Waals surface area contributed by atoms with Crippen molar-refractivity contribution in [1.82, 2.24) is 10.6 Å². The van der Waals surface area contributed by atoms with Crippen LogP contribution in [0.25, 0.3) is 0 Å². The molecule has 104 valence electrons. The molecule has 2 amide bonds. The number of amides is 2. The quantitative estimate of drug-likeness (QED) is 0.746. The molecule has 0 saturated heterocycles. The summed E-state index contributed by atoms with van der Waals surface area (Å²) in [5.74, 6) is -0.299. The van der Waals surface area contributed by atoms with Crippen LogP contribution in [0.5, 0.6) is 0 Å². The molecule has 0 aromatic carbocycles. The first-order chi connectivity index (χ1) is 9.16. The molecule has 1 heterocycles. The van der Waals surface area contributed by atoms with Gasteiger partial charge in [0.15, 0.2) is 0 Å². The Hall–Kier alpha value is -1.40. The van der Waals surface area contributed by atoms with Gasteiger partial charge in [-0.2, -0.15) is 0 Å². The maximum absolute atomic E-state index is 11.6. The van der Waals surface area contributed by atoms with Crippen LogP contribution in [-0.2, 0) is 4.79 Å². The second-order valence-electron chi connectivity index (χ2n) is 4.72. The van der Waals surface area contributed by atoms with E-state index in [0.717, 1.165) is 19.3 Å². The van der Waals surface area contributed by atoms with Crippen LogP contribution in [0.15, 0.2) is 17.5 Å². The highest BCUT2D eigenvalue weighted by molar-refractivity contribution is 7.12. The number of aliphatic hydroxyl groups is 1. The van der Waals surface area contributed by atoms with Gasteiger partial charge in [-0.05, 0) is 24.3 Å². The molecule has 0 aliphatic heterocycles. The van der Waals surface area contributed by atoms with E-state index in [1.165, 1.54) is 11.3 Å². The highest BCUT2D eigenvalue weighted by Gasteiger charge is 2.25. The van der Waals surface area contributed by atoms with Gasteiger partial charge in [0.05, 0.1) is 17.5 Å². The summed E-state index contributed by atoms with van der Waals surface area (Å²) in [4.78, 5) is 23.8. The topological polar surface area (TPSA) is 78.4 Å². The zero-order valence-electron chi connectivity index (χ0n) is 10.6. The second-order valence-corrected chi connectivity index (χ2v) is 5.67. The van der Waals surface area contributed by atoms with E-state index in [2.05, 4.69) is 10.6 Å². The number of nitrogens with one attached hydrogen (secondary N) is 2. The van der Waals surface area contributed by atoms with E-state index in [9.17, 15) is 14.7 Å². The molecule has 0 bridgehead atoms. The molecule has 1 aromatic heterocycles. The molecule has 2 unspecified atom stereocenters. The van der Waals surface area contributed by atoms with Crippen molar-refractivity contribution in [3.63, 3.8) is 0 Å². The molecule has 1 saturated carbocycles. The number of carbonyl (C=O) groups is 2. The fourth-order valence-electron chi connectivity index (χ4n) is 2.22. The van der Waals surface area contributed by atoms with E-state index in [0.29, 0.717) is 11.4 Å². The summed E-state index contributed by atoms with van der Waals surface area (Å²) in [5, 5.41) is 16.8. The van der Waals surface area contributed by atoms with Gasteiger partial charge in [0.1, 0.15) is 0 Å². The fourth-order valence-corrected chi connectivity index (χ4v) is 2.86. The lowest BCUT2D eigenvalue weighted by molar-refractivity contribution is -0.120. The Balaban J connectivity index is 1.66. The van der Waals surface area contributed by atoms with Gasteiger partial charge in [-0.25, -0.2) is 0 Å². The highest BCUT2D eigenvalue weighted by atomic mass is 32.1. The van der Waals surface area contributed by atoms with Crippen LogP contribution in [0.4, 0.5) is 0 Å². The lowest BCUT2D eigenvalue weighted by Gasteiger charge is -2.15. The van der Waals surface area contributed by atoms with Crippen molar-refractivity contribution in [1.29, 1.82) is 0 Å². The largest absolute Gasteiger partial charge is 0.393 e. The van der Waals surface area contributed by atoms with Gasteiger partial charge in [0.2, 0.25) is 5.91 Å². The Bertz CT molecular complexity index is 433. The lowest BCUT2D eigenvalue weighted by Crippen LogP contribution is -2.39. The number of hydrogen-bond donors (Lipinski definition) is 3. The van der Waals surface area contributed by atoms with Crippen molar-refractivity contribution >= 4 is 23.2 Å². The van der Waals surface area contributed by atoms with E-state index in [1.54, 1.807) is 12.1 Å². The summed E-state index contributed by atoms with van der Waals surface area (Å²) in [6.45, 7) is 0.453. The second kappa shape index (κ2) is 6.68. The number of thiophene rings is 1. The zero-order chi connectivity index (χ0) is 13.7. The molecule has 1 aliphatic rings.